The van der Waals surface area contributed by atoms with E-state index in [1.165, 1.54) is 19.2 Å². The zero-order chi connectivity index (χ0) is 16.8. The van der Waals surface area contributed by atoms with Crippen LogP contribution in [0.25, 0.3) is 0 Å². The van der Waals surface area contributed by atoms with E-state index in [9.17, 15) is 9.90 Å². The second kappa shape index (κ2) is 7.38. The Morgan fingerprint density at radius 1 is 1.39 bits per heavy atom. The first-order valence-electron chi connectivity index (χ1n) is 6.64. The number of phenolic OH excluding ortho intramolecular Hbond substituents is 1. The quantitative estimate of drug-likeness (QED) is 0.801. The lowest BCUT2D eigenvalue weighted by molar-refractivity contribution is 0.251. The van der Waals surface area contributed by atoms with Crippen molar-refractivity contribution in [3.05, 3.63) is 52.5 Å². The molecule has 7 heteroatoms. The molecule has 6 nitrogen and oxygen atoms in total. The van der Waals surface area contributed by atoms with E-state index in [4.69, 9.17) is 21.6 Å². The van der Waals surface area contributed by atoms with Crippen molar-refractivity contribution in [2.75, 3.05) is 12.4 Å². The molecule has 23 heavy (non-hydrogen) atoms. The molecular formula is C16H14ClN3O3. The predicted molar refractivity (Wildman–Crippen MR) is 86.7 cm³/mol. The molecule has 0 saturated heterocycles. The van der Waals surface area contributed by atoms with Crippen LogP contribution in [0, 0.1) is 11.3 Å². The number of nitrogens with zero attached hydrogens (tertiary/aromatic N) is 1. The zero-order valence-electron chi connectivity index (χ0n) is 12.3. The van der Waals surface area contributed by atoms with Gasteiger partial charge in [-0.3, -0.25) is 0 Å². The standard InChI is InChI=1S/C16H14ClN3O3/c1-23-14-4-2-3-11(15(14)21)9-19-16(22)20-12-6-5-10(8-18)13(17)7-12/h2-7,21H,9H2,1H3,(H2,19,20,22). The lowest BCUT2D eigenvalue weighted by Gasteiger charge is -2.11. The first kappa shape index (κ1) is 16.5. The number of nitrogens with one attached hydrogen (secondary N) is 2. The number of methoxy groups -OCH3 is 1. The third-order valence-corrected chi connectivity index (χ3v) is 3.40. The molecular weight excluding hydrogens is 318 g/mol. The topological polar surface area (TPSA) is 94.4 Å². The maximum atomic E-state index is 11.9. The van der Waals surface area contributed by atoms with Crippen molar-refractivity contribution in [1.82, 2.24) is 5.32 Å². The van der Waals surface area contributed by atoms with Gasteiger partial charge in [-0.25, -0.2) is 4.79 Å². The average molecular weight is 332 g/mol. The highest BCUT2D eigenvalue weighted by Crippen LogP contribution is 2.29. The summed E-state index contributed by atoms with van der Waals surface area (Å²) >= 11 is 5.90. The van der Waals surface area contributed by atoms with Crippen LogP contribution in [0.3, 0.4) is 0 Å². The summed E-state index contributed by atoms with van der Waals surface area (Å²) in [6.45, 7) is 0.124. The van der Waals surface area contributed by atoms with Crippen LogP contribution in [0.15, 0.2) is 36.4 Å². The van der Waals surface area contributed by atoms with Gasteiger partial charge in [-0.1, -0.05) is 23.7 Å². The van der Waals surface area contributed by atoms with Crippen molar-refractivity contribution < 1.29 is 14.6 Å². The number of ether oxygens (including phenoxy) is 1. The van der Waals surface area contributed by atoms with Crippen LogP contribution in [0.2, 0.25) is 5.02 Å². The number of phenols is 1. The number of nitriles is 1. The number of benzene rings is 2. The highest BCUT2D eigenvalue weighted by atomic mass is 35.5. The Kier molecular flexibility index (Phi) is 5.28. The molecule has 0 aromatic heterocycles. The number of hydrogen-bond acceptors (Lipinski definition) is 4. The van der Waals surface area contributed by atoms with Crippen molar-refractivity contribution in [3.8, 4) is 17.6 Å². The molecule has 0 fully saturated rings. The summed E-state index contributed by atoms with van der Waals surface area (Å²) in [6.07, 6.45) is 0. The molecule has 3 N–H and O–H groups in total. The maximum Gasteiger partial charge on any atom is 0.319 e. The monoisotopic (exact) mass is 331 g/mol. The fraction of sp³-hybridized carbons (Fsp3) is 0.125. The number of para-hydroxylation sites is 1. The van der Waals surface area contributed by atoms with Crippen LogP contribution in [0.1, 0.15) is 11.1 Å². The van der Waals surface area contributed by atoms with E-state index < -0.39 is 6.03 Å². The molecule has 118 valence electrons. The summed E-state index contributed by atoms with van der Waals surface area (Å²) < 4.78 is 5.00. The number of carbonyl (C=O) groups is 1. The maximum absolute atomic E-state index is 11.9. The molecule has 0 aliphatic rings. The third kappa shape index (κ3) is 4.05. The first-order valence-corrected chi connectivity index (χ1v) is 7.02. The van der Waals surface area contributed by atoms with E-state index >= 15 is 0 Å². The summed E-state index contributed by atoms with van der Waals surface area (Å²) in [7, 11) is 1.45. The number of aromatic hydroxyl groups is 1. The number of carbonyl (C=O) groups excluding carboxylic acids is 1. The third-order valence-electron chi connectivity index (χ3n) is 3.09. The number of rotatable bonds is 4. The molecule has 2 amide bonds. The Labute approximate surface area is 138 Å². The van der Waals surface area contributed by atoms with Crippen LogP contribution >= 0.6 is 11.6 Å². The molecule has 0 spiro atoms. The number of hydrogen-bond donors (Lipinski definition) is 3. The van der Waals surface area contributed by atoms with Gasteiger partial charge >= 0.3 is 6.03 Å². The Bertz CT molecular complexity index is 772. The lowest BCUT2D eigenvalue weighted by Crippen LogP contribution is -2.28. The molecule has 0 bridgehead atoms. The minimum atomic E-state index is -0.465. The van der Waals surface area contributed by atoms with Gasteiger partial charge in [0.15, 0.2) is 11.5 Å². The van der Waals surface area contributed by atoms with Gasteiger partial charge in [0.1, 0.15) is 6.07 Å². The second-order valence-corrected chi connectivity index (χ2v) is 4.99. The molecule has 0 radical (unpaired) electrons. The summed E-state index contributed by atoms with van der Waals surface area (Å²) in [4.78, 5) is 11.9. The SMILES string of the molecule is COc1cccc(CNC(=O)Nc2ccc(C#N)c(Cl)c2)c1O. The van der Waals surface area contributed by atoms with Crippen molar-refractivity contribution in [3.63, 3.8) is 0 Å². The van der Waals surface area contributed by atoms with Crippen LogP contribution in [0.5, 0.6) is 11.5 Å². The molecule has 0 heterocycles. The summed E-state index contributed by atoms with van der Waals surface area (Å²) in [5, 5.41) is 24.2. The highest BCUT2D eigenvalue weighted by Gasteiger charge is 2.09. The van der Waals surface area contributed by atoms with Gasteiger partial charge in [0.25, 0.3) is 0 Å². The predicted octanol–water partition coefficient (Wildman–Crippen LogP) is 3.25. The Morgan fingerprint density at radius 3 is 2.83 bits per heavy atom. The molecule has 0 unspecified atom stereocenters. The normalized spacial score (nSPS) is 9.78. The van der Waals surface area contributed by atoms with Crippen LogP contribution in [0.4, 0.5) is 10.5 Å². The fourth-order valence-electron chi connectivity index (χ4n) is 1.91. The Hall–Kier alpha value is -2.91. The van der Waals surface area contributed by atoms with E-state index in [1.54, 1.807) is 24.3 Å². The van der Waals surface area contributed by atoms with Crippen molar-refractivity contribution >= 4 is 23.3 Å². The van der Waals surface area contributed by atoms with Gasteiger partial charge in [0.2, 0.25) is 0 Å². The minimum Gasteiger partial charge on any atom is -0.504 e. The van der Waals surface area contributed by atoms with Gasteiger partial charge < -0.3 is 20.5 Å². The van der Waals surface area contributed by atoms with Crippen LogP contribution in [-0.4, -0.2) is 18.2 Å². The van der Waals surface area contributed by atoms with Gasteiger partial charge in [0, 0.05) is 17.8 Å². The van der Waals surface area contributed by atoms with E-state index in [1.807, 2.05) is 6.07 Å². The second-order valence-electron chi connectivity index (χ2n) is 4.58. The molecule has 2 rings (SSSR count). The van der Waals surface area contributed by atoms with Crippen molar-refractivity contribution in [2.24, 2.45) is 0 Å². The smallest absolute Gasteiger partial charge is 0.319 e. The lowest BCUT2D eigenvalue weighted by atomic mass is 10.2. The van der Waals surface area contributed by atoms with E-state index in [2.05, 4.69) is 10.6 Å². The summed E-state index contributed by atoms with van der Waals surface area (Å²) in [5.41, 5.74) is 1.32. The summed E-state index contributed by atoms with van der Waals surface area (Å²) in [5.74, 6) is 0.320. The number of halogens is 1. The molecule has 2 aromatic rings. The van der Waals surface area contributed by atoms with Crippen LogP contribution < -0.4 is 15.4 Å². The molecule has 0 saturated carbocycles. The van der Waals surface area contributed by atoms with Gasteiger partial charge in [-0.2, -0.15) is 5.26 Å². The molecule has 2 aromatic carbocycles. The zero-order valence-corrected chi connectivity index (χ0v) is 13.0. The Balaban J connectivity index is 1.98. The van der Waals surface area contributed by atoms with E-state index in [-0.39, 0.29) is 17.3 Å². The fourth-order valence-corrected chi connectivity index (χ4v) is 2.13. The van der Waals surface area contributed by atoms with Gasteiger partial charge in [-0.05, 0) is 24.3 Å². The van der Waals surface area contributed by atoms with E-state index in [0.29, 0.717) is 22.6 Å². The minimum absolute atomic E-state index is 0.0169. The van der Waals surface area contributed by atoms with Crippen molar-refractivity contribution in [1.29, 1.82) is 5.26 Å². The Morgan fingerprint density at radius 2 is 2.17 bits per heavy atom. The molecule has 0 atom stereocenters. The first-order chi connectivity index (χ1) is 11.0. The van der Waals surface area contributed by atoms with Gasteiger partial charge in [-0.15, -0.1) is 0 Å². The summed E-state index contributed by atoms with van der Waals surface area (Å²) in [6, 6.07) is 11.1. The number of urea groups is 1. The molecule has 0 aliphatic carbocycles. The highest BCUT2D eigenvalue weighted by molar-refractivity contribution is 6.32. The largest absolute Gasteiger partial charge is 0.504 e. The number of anilines is 1. The van der Waals surface area contributed by atoms with Crippen molar-refractivity contribution in [2.45, 2.75) is 6.54 Å². The average Bonchev–Trinajstić information content (AvgIpc) is 2.54. The van der Waals surface area contributed by atoms with Gasteiger partial charge in [0.05, 0.1) is 17.7 Å². The molecule has 0 aliphatic heterocycles. The number of amides is 2. The van der Waals surface area contributed by atoms with E-state index in [0.717, 1.165) is 0 Å². The van der Waals surface area contributed by atoms with Crippen LogP contribution in [-0.2, 0) is 6.54 Å².